The summed E-state index contributed by atoms with van der Waals surface area (Å²) in [5.74, 6) is 3.45. The predicted octanol–water partition coefficient (Wildman–Crippen LogP) is 10.1. The number of Topliss-reactive ketones (excluding diaryl/α,β-unsaturated/α-hetero) is 2. The summed E-state index contributed by atoms with van der Waals surface area (Å²) in [4.78, 5) is 62.8. The van der Waals surface area contributed by atoms with Crippen LogP contribution >= 0.6 is 11.8 Å². The van der Waals surface area contributed by atoms with Gasteiger partial charge in [0.05, 0.1) is 49.9 Å². The fourth-order valence-electron chi connectivity index (χ4n) is 10.4. The van der Waals surface area contributed by atoms with E-state index in [4.69, 9.17) is 29.8 Å². The van der Waals surface area contributed by atoms with Crippen LogP contribution in [0.2, 0.25) is 0 Å². The zero-order chi connectivity index (χ0) is 54.7. The Bertz CT molecular complexity index is 2530. The number of anilines is 1. The van der Waals surface area contributed by atoms with Gasteiger partial charge in [0.25, 0.3) is 0 Å². The number of carbonyl (C=O) groups is 4. The lowest BCUT2D eigenvalue weighted by Gasteiger charge is -2.32. The molecule has 4 aromatic rings. The molecule has 0 spiro atoms. The molecule has 3 amide bonds. The Morgan fingerprint density at radius 3 is 2.17 bits per heavy atom. The average molecular weight is 1090 g/mol. The number of benzene rings is 2. The smallest absolute Gasteiger partial charge is 0.315 e. The number of aromatic nitrogens is 4. The highest BCUT2D eigenvalue weighted by Crippen LogP contribution is 2.36. The number of nitrogens with two attached hydrogens (primary N) is 1. The number of urea groups is 1. The Balaban J connectivity index is 0.635. The molecule has 3 saturated heterocycles. The monoisotopic (exact) mass is 1090 g/mol. The van der Waals surface area contributed by atoms with E-state index in [2.05, 4.69) is 39.1 Å². The van der Waals surface area contributed by atoms with Gasteiger partial charge in [0, 0.05) is 81.2 Å². The van der Waals surface area contributed by atoms with Crippen LogP contribution in [-0.4, -0.2) is 149 Å². The summed E-state index contributed by atoms with van der Waals surface area (Å²) in [7, 11) is 2.09. The van der Waals surface area contributed by atoms with Crippen LogP contribution < -0.4 is 21.1 Å². The number of likely N-dealkylation sites (N-methyl/N-ethyl adjacent to an activating group) is 1. The molecule has 3 aliphatic heterocycles. The molecule has 18 heteroatoms. The van der Waals surface area contributed by atoms with Crippen LogP contribution in [0.5, 0.6) is 11.5 Å². The van der Waals surface area contributed by atoms with Gasteiger partial charge in [-0.05, 0) is 133 Å². The molecular weight excluding hydrogens is 1010 g/mol. The van der Waals surface area contributed by atoms with E-state index in [1.54, 1.807) is 6.08 Å². The van der Waals surface area contributed by atoms with Gasteiger partial charge in [0.15, 0.2) is 5.65 Å². The number of ketones is 2. The Kier molecular flexibility index (Phi) is 25.4. The van der Waals surface area contributed by atoms with E-state index in [0.29, 0.717) is 130 Å². The first-order chi connectivity index (χ1) is 38.1. The van der Waals surface area contributed by atoms with Crippen molar-refractivity contribution in [1.82, 2.24) is 40.2 Å². The van der Waals surface area contributed by atoms with Crippen LogP contribution in [0.1, 0.15) is 128 Å². The summed E-state index contributed by atoms with van der Waals surface area (Å²) >= 11 is 1.92. The molecule has 4 atom stereocenters. The van der Waals surface area contributed by atoms with Crippen molar-refractivity contribution in [3.8, 4) is 22.8 Å². The van der Waals surface area contributed by atoms with Crippen molar-refractivity contribution in [3.63, 3.8) is 0 Å². The van der Waals surface area contributed by atoms with Crippen LogP contribution in [0.25, 0.3) is 22.3 Å². The molecule has 0 saturated carbocycles. The molecule has 17 nitrogen and oxygen atoms in total. The van der Waals surface area contributed by atoms with E-state index in [-0.39, 0.29) is 30.1 Å². The third-order valence-electron chi connectivity index (χ3n) is 14.8. The summed E-state index contributed by atoms with van der Waals surface area (Å²) in [5, 5.41) is 12.2. The molecule has 0 bridgehead atoms. The third kappa shape index (κ3) is 19.9. The van der Waals surface area contributed by atoms with E-state index < -0.39 is 0 Å². The number of hydrogen-bond donors (Lipinski definition) is 3. The van der Waals surface area contributed by atoms with Gasteiger partial charge in [-0.1, -0.05) is 49.3 Å². The van der Waals surface area contributed by atoms with Crippen LogP contribution in [-0.2, 0) is 28.6 Å². The minimum atomic E-state index is -0.0586. The number of likely N-dealkylation sites (tertiary alicyclic amines) is 1. The van der Waals surface area contributed by atoms with Gasteiger partial charge in [0.2, 0.25) is 5.91 Å². The molecule has 3 fully saturated rings. The SMILES string of the molecule is C=C(CCCCCN(C)C/C=C/C(=O)N1CCC[C@@H](n2nc(-c3ccc(Oc4ccccc4)cc3)c3c(N)ncnc32)C1)CCCC(=O)CCCCOCCOCCOCCCCC(=O)CCCC[C@@H]1SC[C@@H]2NC(=O)N[C@@H]21. The van der Waals surface area contributed by atoms with Gasteiger partial charge < -0.3 is 45.1 Å². The highest BCUT2D eigenvalue weighted by atomic mass is 32.2. The summed E-state index contributed by atoms with van der Waals surface area (Å²) in [5.41, 5.74) is 9.88. The van der Waals surface area contributed by atoms with Crippen LogP contribution in [0.3, 0.4) is 0 Å². The molecule has 0 aliphatic carbocycles. The fourth-order valence-corrected chi connectivity index (χ4v) is 11.9. The van der Waals surface area contributed by atoms with Gasteiger partial charge in [-0.25, -0.2) is 19.4 Å². The van der Waals surface area contributed by atoms with Crippen molar-refractivity contribution in [2.45, 2.75) is 145 Å². The number of hydrogen-bond acceptors (Lipinski definition) is 14. The van der Waals surface area contributed by atoms with Crippen molar-refractivity contribution < 1.29 is 38.1 Å². The van der Waals surface area contributed by atoms with E-state index in [9.17, 15) is 19.2 Å². The first kappa shape index (κ1) is 60.0. The normalized spacial score (nSPS) is 18.2. The number of unbranched alkanes of at least 4 members (excludes halogenated alkanes) is 5. The maximum Gasteiger partial charge on any atom is 0.315 e. The molecule has 0 radical (unpaired) electrons. The number of amides is 3. The number of nitrogens with one attached hydrogen (secondary N) is 2. The van der Waals surface area contributed by atoms with Gasteiger partial charge in [0.1, 0.15) is 40.9 Å². The highest BCUT2D eigenvalue weighted by molar-refractivity contribution is 8.00. The number of rotatable bonds is 38. The highest BCUT2D eigenvalue weighted by Gasteiger charge is 2.42. The third-order valence-corrected chi connectivity index (χ3v) is 16.3. The number of fused-ring (bicyclic) bond motifs is 2. The lowest BCUT2D eigenvalue weighted by atomic mass is 10.0. The van der Waals surface area contributed by atoms with Crippen molar-refractivity contribution >= 4 is 52.1 Å². The first-order valence-corrected chi connectivity index (χ1v) is 29.7. The molecule has 78 heavy (non-hydrogen) atoms. The molecular formula is C60H85N9O8S. The first-order valence-electron chi connectivity index (χ1n) is 28.7. The molecule has 5 heterocycles. The summed E-state index contributed by atoms with van der Waals surface area (Å²) in [6.07, 6.45) is 21.7. The van der Waals surface area contributed by atoms with Crippen LogP contribution in [0.15, 0.2) is 85.2 Å². The summed E-state index contributed by atoms with van der Waals surface area (Å²) in [6.45, 7) is 10.5. The van der Waals surface area contributed by atoms with Crippen LogP contribution in [0.4, 0.5) is 10.6 Å². The lowest BCUT2D eigenvalue weighted by Crippen LogP contribution is -2.40. The maximum absolute atomic E-state index is 13.4. The van der Waals surface area contributed by atoms with Crippen molar-refractivity contribution in [1.29, 1.82) is 0 Å². The second-order valence-corrected chi connectivity index (χ2v) is 22.3. The van der Waals surface area contributed by atoms with E-state index in [1.807, 2.05) is 82.0 Å². The topological polar surface area (TPSA) is 205 Å². The predicted molar refractivity (Wildman–Crippen MR) is 309 cm³/mol. The van der Waals surface area contributed by atoms with Crippen LogP contribution in [0, 0.1) is 0 Å². The summed E-state index contributed by atoms with van der Waals surface area (Å²) in [6, 6.07) is 17.8. The molecule has 424 valence electrons. The Morgan fingerprint density at radius 2 is 1.44 bits per heavy atom. The number of nitrogens with zero attached hydrogens (tertiary/aromatic N) is 6. The second-order valence-electron chi connectivity index (χ2n) is 21.0. The van der Waals surface area contributed by atoms with E-state index >= 15 is 0 Å². The zero-order valence-corrected chi connectivity index (χ0v) is 46.9. The molecule has 2 aromatic carbocycles. The molecule has 4 N–H and O–H groups in total. The Morgan fingerprint density at radius 1 is 0.782 bits per heavy atom. The molecule has 7 rings (SSSR count). The maximum atomic E-state index is 13.4. The molecule has 2 aromatic heterocycles. The van der Waals surface area contributed by atoms with Gasteiger partial charge in [-0.3, -0.25) is 14.4 Å². The number of allylic oxidation sites excluding steroid dienone is 1. The number of nitrogen functional groups attached to an aromatic ring is 1. The van der Waals surface area contributed by atoms with Crippen molar-refractivity contribution in [2.24, 2.45) is 0 Å². The molecule has 3 aliphatic rings. The average Bonchev–Trinajstić information content (AvgIpc) is 4.29. The number of ether oxygens (including phenoxy) is 4. The number of piperidine rings is 1. The van der Waals surface area contributed by atoms with Gasteiger partial charge >= 0.3 is 6.03 Å². The van der Waals surface area contributed by atoms with Crippen molar-refractivity contribution in [3.05, 3.63) is 85.2 Å². The minimum Gasteiger partial charge on any atom is -0.457 e. The number of para-hydroxylation sites is 1. The standard InChI is InChI=1S/C60H85N9O8S/c1-45(19-15-24-49(71)23-11-14-37-75-39-41-76-40-38-74-36-13-10-22-48(70)21-8-9-27-53-57-52(43-78-53)64-60(73)65-57)18-5-4-12-33-67(2)34-17-28-54(72)68-35-16-20-47(42-68)69-59-55(58(61)62-44-63-59)56(66-69)46-29-31-51(32-30-46)77-50-25-6-3-7-26-50/h3,6-7,17,25-26,28-32,44,47,52-53,57H,1,4-5,8-16,18-24,27,33-43H2,2H3,(H2,61,62,63)(H2,64,65,73)/b28-17+/t47-,52+,53+,57+/m1/s1. The van der Waals surface area contributed by atoms with Gasteiger partial charge in [-0.2, -0.15) is 16.9 Å². The Hall–Kier alpha value is -5.66. The molecule has 0 unspecified atom stereocenters. The largest absolute Gasteiger partial charge is 0.457 e. The van der Waals surface area contributed by atoms with Gasteiger partial charge in [-0.15, -0.1) is 0 Å². The summed E-state index contributed by atoms with van der Waals surface area (Å²) < 4.78 is 24.9. The Labute approximate surface area is 466 Å². The van der Waals surface area contributed by atoms with Crippen molar-refractivity contribution in [2.75, 3.05) is 84.4 Å². The number of thioether (sulfide) groups is 1. The quantitative estimate of drug-likeness (QED) is 0.0165. The lowest BCUT2D eigenvalue weighted by molar-refractivity contribution is -0.127. The van der Waals surface area contributed by atoms with E-state index in [1.165, 1.54) is 11.9 Å². The number of carbonyl (C=O) groups excluding carboxylic acids is 4. The fraction of sp³-hybridized carbons (Fsp3) is 0.583. The zero-order valence-electron chi connectivity index (χ0n) is 46.1. The second kappa shape index (κ2) is 33.1. The van der Waals surface area contributed by atoms with E-state index in [0.717, 1.165) is 120 Å². The minimum absolute atomic E-state index is 0.00152.